The molecule has 0 atom stereocenters. The van der Waals surface area contributed by atoms with Crippen LogP contribution in [0.2, 0.25) is 0 Å². The molecule has 0 radical (unpaired) electrons. The zero-order chi connectivity index (χ0) is 20.5. The Morgan fingerprint density at radius 2 is 1.87 bits per heavy atom. The van der Waals surface area contributed by atoms with Gasteiger partial charge in [-0.2, -0.15) is 0 Å². The molecule has 1 aromatic rings. The van der Waals surface area contributed by atoms with Gasteiger partial charge in [-0.05, 0) is 18.9 Å². The van der Waals surface area contributed by atoms with Gasteiger partial charge in [0.15, 0.2) is 5.96 Å². The smallest absolute Gasteiger partial charge is 0.214 e. The Bertz CT molecular complexity index is 793. The highest BCUT2D eigenvalue weighted by atomic mass is 127. The van der Waals surface area contributed by atoms with Crippen LogP contribution >= 0.6 is 24.0 Å². The monoisotopic (exact) mass is 547 g/mol. The van der Waals surface area contributed by atoms with Crippen LogP contribution in [0.4, 0.5) is 0 Å². The topological polar surface area (TPSA) is 68.2 Å². The average molecular weight is 548 g/mol. The minimum absolute atomic E-state index is 0. The molecule has 7 nitrogen and oxygen atoms in total. The maximum absolute atomic E-state index is 11.9. The van der Waals surface area contributed by atoms with Gasteiger partial charge >= 0.3 is 0 Å². The van der Waals surface area contributed by atoms with E-state index in [1.54, 1.807) is 4.31 Å². The lowest BCUT2D eigenvalue weighted by molar-refractivity contribution is 0.194. The van der Waals surface area contributed by atoms with Crippen molar-refractivity contribution in [2.45, 2.75) is 13.3 Å². The van der Waals surface area contributed by atoms with Crippen LogP contribution in [-0.4, -0.2) is 93.1 Å². The number of nitrogens with zero attached hydrogens (tertiary/aromatic N) is 4. The van der Waals surface area contributed by atoms with Gasteiger partial charge in [-0.15, -0.1) is 24.0 Å². The Hall–Kier alpha value is -1.17. The van der Waals surface area contributed by atoms with Gasteiger partial charge in [-0.3, -0.25) is 9.89 Å². The summed E-state index contributed by atoms with van der Waals surface area (Å²) in [6.07, 6.45) is 5.12. The SMILES string of the molecule is CCNC(=NCCN1CCCS1(=O)=O)N1CCN(C/C=C/c2ccccc2)CC1.I. The van der Waals surface area contributed by atoms with E-state index in [1.807, 2.05) is 6.07 Å². The van der Waals surface area contributed by atoms with Crippen molar-refractivity contribution >= 4 is 46.0 Å². The third-order valence-corrected chi connectivity index (χ3v) is 7.25. The summed E-state index contributed by atoms with van der Waals surface area (Å²) in [6, 6.07) is 10.4. The molecule has 9 heteroatoms. The summed E-state index contributed by atoms with van der Waals surface area (Å²) in [4.78, 5) is 9.40. The Morgan fingerprint density at radius 1 is 1.13 bits per heavy atom. The number of piperazine rings is 1. The molecule has 1 N–H and O–H groups in total. The van der Waals surface area contributed by atoms with Gasteiger partial charge in [0.2, 0.25) is 10.0 Å². The van der Waals surface area contributed by atoms with Gasteiger partial charge in [-0.1, -0.05) is 42.5 Å². The zero-order valence-electron chi connectivity index (χ0n) is 17.7. The van der Waals surface area contributed by atoms with Crippen molar-refractivity contribution in [1.29, 1.82) is 0 Å². The molecule has 0 amide bonds. The summed E-state index contributed by atoms with van der Waals surface area (Å²) >= 11 is 0. The number of halogens is 1. The maximum Gasteiger partial charge on any atom is 0.214 e. The molecule has 0 aromatic heterocycles. The lowest BCUT2D eigenvalue weighted by Gasteiger charge is -2.36. The fourth-order valence-electron chi connectivity index (χ4n) is 3.68. The minimum Gasteiger partial charge on any atom is -0.357 e. The predicted octanol–water partition coefficient (Wildman–Crippen LogP) is 1.94. The van der Waals surface area contributed by atoms with Crippen LogP contribution in [0.25, 0.3) is 6.08 Å². The molecule has 2 aliphatic rings. The maximum atomic E-state index is 11.9. The van der Waals surface area contributed by atoms with Crippen LogP contribution in [0.1, 0.15) is 18.9 Å². The van der Waals surface area contributed by atoms with Crippen molar-refractivity contribution in [3.63, 3.8) is 0 Å². The van der Waals surface area contributed by atoms with E-state index in [4.69, 9.17) is 0 Å². The van der Waals surface area contributed by atoms with Crippen LogP contribution in [-0.2, 0) is 10.0 Å². The second kappa shape index (κ2) is 12.6. The van der Waals surface area contributed by atoms with Crippen LogP contribution < -0.4 is 5.32 Å². The lowest BCUT2D eigenvalue weighted by Crippen LogP contribution is -2.52. The predicted molar refractivity (Wildman–Crippen MR) is 135 cm³/mol. The molecule has 168 valence electrons. The Balaban J connectivity index is 0.00000320. The van der Waals surface area contributed by atoms with Crippen molar-refractivity contribution in [3.8, 4) is 0 Å². The molecule has 2 heterocycles. The molecule has 0 unspecified atom stereocenters. The van der Waals surface area contributed by atoms with Gasteiger partial charge < -0.3 is 10.2 Å². The third kappa shape index (κ3) is 7.51. The minimum atomic E-state index is -3.04. The molecule has 2 saturated heterocycles. The van der Waals surface area contributed by atoms with E-state index in [0.717, 1.165) is 51.6 Å². The summed E-state index contributed by atoms with van der Waals surface area (Å²) in [5.74, 6) is 1.17. The molecule has 0 aliphatic carbocycles. The van der Waals surface area contributed by atoms with Crippen LogP contribution in [0.5, 0.6) is 0 Å². The number of aliphatic imine (C=N–C) groups is 1. The number of sulfonamides is 1. The largest absolute Gasteiger partial charge is 0.357 e. The van der Waals surface area contributed by atoms with Crippen molar-refractivity contribution in [3.05, 3.63) is 42.0 Å². The van der Waals surface area contributed by atoms with Crippen molar-refractivity contribution in [1.82, 2.24) is 19.4 Å². The Labute approximate surface area is 198 Å². The first-order valence-electron chi connectivity index (χ1n) is 10.5. The molecule has 30 heavy (non-hydrogen) atoms. The number of hydrogen-bond acceptors (Lipinski definition) is 4. The van der Waals surface area contributed by atoms with Gasteiger partial charge in [0, 0.05) is 52.4 Å². The molecule has 3 rings (SSSR count). The first kappa shape index (κ1) is 25.1. The Kier molecular flexibility index (Phi) is 10.6. The second-order valence-corrected chi connectivity index (χ2v) is 9.49. The highest BCUT2D eigenvalue weighted by molar-refractivity contribution is 14.0. The standard InChI is InChI=1S/C21H33N5O2S.HI/c1-2-22-21(23-11-14-26-13-7-19-29(26,27)28)25-17-15-24(16-18-25)12-6-10-20-8-4-3-5-9-20;/h3-6,8-10H,2,7,11-19H2,1H3,(H,22,23);1H/b10-6+;. The number of nitrogens with one attached hydrogen (secondary N) is 1. The summed E-state index contributed by atoms with van der Waals surface area (Å²) < 4.78 is 25.4. The van der Waals surface area contributed by atoms with E-state index in [9.17, 15) is 8.42 Å². The fraction of sp³-hybridized carbons (Fsp3) is 0.571. The van der Waals surface area contributed by atoms with Crippen LogP contribution in [0.3, 0.4) is 0 Å². The van der Waals surface area contributed by atoms with E-state index in [0.29, 0.717) is 19.6 Å². The van der Waals surface area contributed by atoms with Gasteiger partial charge in [0.25, 0.3) is 0 Å². The van der Waals surface area contributed by atoms with Gasteiger partial charge in [0.1, 0.15) is 0 Å². The van der Waals surface area contributed by atoms with Crippen molar-refractivity contribution in [2.24, 2.45) is 4.99 Å². The molecule has 2 aliphatic heterocycles. The van der Waals surface area contributed by atoms with E-state index in [1.165, 1.54) is 5.56 Å². The third-order valence-electron chi connectivity index (χ3n) is 5.29. The summed E-state index contributed by atoms with van der Waals surface area (Å²) in [6.45, 7) is 9.25. The van der Waals surface area contributed by atoms with Crippen molar-refractivity contribution in [2.75, 3.05) is 64.7 Å². The number of guanidine groups is 1. The molecule has 0 bridgehead atoms. The van der Waals surface area contributed by atoms with Crippen LogP contribution in [0.15, 0.2) is 41.4 Å². The van der Waals surface area contributed by atoms with E-state index < -0.39 is 10.0 Å². The molecule has 2 fully saturated rings. The second-order valence-electron chi connectivity index (χ2n) is 7.40. The summed E-state index contributed by atoms with van der Waals surface area (Å²) in [5.41, 5.74) is 1.23. The first-order valence-corrected chi connectivity index (χ1v) is 12.1. The number of benzene rings is 1. The Morgan fingerprint density at radius 3 is 2.50 bits per heavy atom. The quantitative estimate of drug-likeness (QED) is 0.321. The normalized spacial score (nSPS) is 20.4. The molecule has 0 saturated carbocycles. The molecular weight excluding hydrogens is 513 g/mol. The summed E-state index contributed by atoms with van der Waals surface area (Å²) in [7, 11) is -3.04. The molecule has 0 spiro atoms. The summed E-state index contributed by atoms with van der Waals surface area (Å²) in [5, 5.41) is 3.35. The molecular formula is C21H34IN5O2S. The fourth-order valence-corrected chi connectivity index (χ4v) is 5.20. The highest BCUT2D eigenvalue weighted by Crippen LogP contribution is 2.12. The van der Waals surface area contributed by atoms with E-state index in [-0.39, 0.29) is 29.7 Å². The van der Waals surface area contributed by atoms with Crippen LogP contribution in [0, 0.1) is 0 Å². The first-order chi connectivity index (χ1) is 14.1. The van der Waals surface area contributed by atoms with E-state index >= 15 is 0 Å². The number of rotatable bonds is 7. The van der Waals surface area contributed by atoms with Crippen molar-refractivity contribution < 1.29 is 8.42 Å². The van der Waals surface area contributed by atoms with Gasteiger partial charge in [-0.25, -0.2) is 12.7 Å². The average Bonchev–Trinajstić information content (AvgIpc) is 3.07. The molecule has 1 aromatic carbocycles. The van der Waals surface area contributed by atoms with E-state index in [2.05, 4.69) is 63.5 Å². The highest BCUT2D eigenvalue weighted by Gasteiger charge is 2.27. The van der Waals surface area contributed by atoms with Gasteiger partial charge in [0.05, 0.1) is 12.3 Å². The number of hydrogen-bond donors (Lipinski definition) is 1. The lowest BCUT2D eigenvalue weighted by atomic mass is 10.2. The zero-order valence-corrected chi connectivity index (χ0v) is 20.9.